The largest absolute Gasteiger partial charge is 0.383 e. The lowest BCUT2D eigenvalue weighted by Crippen LogP contribution is -1.95. The molecule has 94 valence electrons. The van der Waals surface area contributed by atoms with Crippen LogP contribution in [0.25, 0.3) is 28.4 Å². The van der Waals surface area contributed by atoms with E-state index in [1.807, 2.05) is 12.1 Å². The molecule has 0 bridgehead atoms. The molecular weight excluding hydrogens is 243 g/mol. The van der Waals surface area contributed by atoms with Gasteiger partial charge in [0.2, 0.25) is 0 Å². The number of hydrogen-bond acceptors (Lipinski definition) is 3. The summed E-state index contributed by atoms with van der Waals surface area (Å²) in [5.74, 6) is 0.00949. The summed E-state index contributed by atoms with van der Waals surface area (Å²) in [4.78, 5) is 11.3. The molecule has 3 aromatic heterocycles. The highest BCUT2D eigenvalue weighted by Crippen LogP contribution is 2.28. The average Bonchev–Trinajstić information content (AvgIpc) is 2.81. The molecule has 0 amide bonds. The Bertz CT molecular complexity index is 776. The zero-order valence-corrected chi connectivity index (χ0v) is 10.0. The summed E-state index contributed by atoms with van der Waals surface area (Å²) in [5, 5.41) is 0.679. The number of H-pyrrole nitrogens is 1. The van der Waals surface area contributed by atoms with Crippen molar-refractivity contribution in [1.29, 1.82) is 0 Å². The Morgan fingerprint density at radius 1 is 1.37 bits per heavy atom. The van der Waals surface area contributed by atoms with E-state index >= 15 is 0 Å². The molecule has 0 aliphatic heterocycles. The van der Waals surface area contributed by atoms with Crippen LogP contribution in [0.15, 0.2) is 37.2 Å². The van der Waals surface area contributed by atoms with Gasteiger partial charge >= 0.3 is 0 Å². The van der Waals surface area contributed by atoms with Crippen LogP contribution < -0.4 is 5.73 Å². The third-order valence-electron chi connectivity index (χ3n) is 2.95. The molecule has 0 spiro atoms. The lowest BCUT2D eigenvalue weighted by atomic mass is 10.1. The second kappa shape index (κ2) is 4.20. The van der Waals surface area contributed by atoms with Gasteiger partial charge in [0.15, 0.2) is 0 Å². The van der Waals surface area contributed by atoms with Gasteiger partial charge in [0.1, 0.15) is 17.3 Å². The van der Waals surface area contributed by atoms with Gasteiger partial charge < -0.3 is 10.7 Å². The first-order chi connectivity index (χ1) is 9.19. The van der Waals surface area contributed by atoms with Crippen molar-refractivity contribution in [3.05, 3.63) is 48.6 Å². The minimum atomic E-state index is -0.385. The fraction of sp³-hybridized carbons (Fsp3) is 0. The average molecular weight is 254 g/mol. The van der Waals surface area contributed by atoms with Gasteiger partial charge in [-0.15, -0.1) is 0 Å². The van der Waals surface area contributed by atoms with Crippen LogP contribution in [0.4, 0.5) is 10.2 Å². The SMILES string of the molecule is C=Cc1ccc(-c2c[nH]c3ncc(F)cc23)nc1N. The molecule has 0 aliphatic rings. The zero-order valence-electron chi connectivity index (χ0n) is 10.0. The number of nitrogen functional groups attached to an aromatic ring is 1. The summed E-state index contributed by atoms with van der Waals surface area (Å²) in [6.45, 7) is 3.66. The Hall–Kier alpha value is -2.69. The van der Waals surface area contributed by atoms with Gasteiger partial charge in [-0.25, -0.2) is 14.4 Å². The molecule has 0 aromatic carbocycles. The van der Waals surface area contributed by atoms with E-state index in [1.54, 1.807) is 12.3 Å². The number of nitrogens with one attached hydrogen (secondary N) is 1. The first-order valence-electron chi connectivity index (χ1n) is 5.71. The molecule has 0 saturated carbocycles. The van der Waals surface area contributed by atoms with E-state index in [9.17, 15) is 4.39 Å². The number of aromatic nitrogens is 3. The molecule has 0 aliphatic carbocycles. The number of rotatable bonds is 2. The second-order valence-corrected chi connectivity index (χ2v) is 4.13. The molecule has 0 atom stereocenters. The molecule has 0 unspecified atom stereocenters. The summed E-state index contributed by atoms with van der Waals surface area (Å²) in [6, 6.07) is 5.07. The zero-order chi connectivity index (χ0) is 13.4. The molecule has 3 heterocycles. The molecule has 0 fully saturated rings. The Morgan fingerprint density at radius 3 is 2.95 bits per heavy atom. The van der Waals surface area contributed by atoms with E-state index in [0.29, 0.717) is 22.5 Å². The Morgan fingerprint density at radius 2 is 2.21 bits per heavy atom. The molecule has 3 aromatic rings. The number of anilines is 1. The number of pyridine rings is 2. The molecule has 3 rings (SSSR count). The molecule has 5 heteroatoms. The van der Waals surface area contributed by atoms with Crippen LogP contribution in [0, 0.1) is 5.82 Å². The molecule has 0 radical (unpaired) electrons. The third-order valence-corrected chi connectivity index (χ3v) is 2.95. The highest BCUT2D eigenvalue weighted by molar-refractivity contribution is 5.92. The first kappa shape index (κ1) is 11.4. The molecule has 4 nitrogen and oxygen atoms in total. The maximum atomic E-state index is 13.3. The predicted octanol–water partition coefficient (Wildman–Crippen LogP) is 2.99. The van der Waals surface area contributed by atoms with Crippen molar-refractivity contribution in [2.24, 2.45) is 0 Å². The molecule has 3 N–H and O–H groups in total. The van der Waals surface area contributed by atoms with Gasteiger partial charge in [-0.2, -0.15) is 0 Å². The first-order valence-corrected chi connectivity index (χ1v) is 5.71. The van der Waals surface area contributed by atoms with Gasteiger partial charge in [0.25, 0.3) is 0 Å². The highest BCUT2D eigenvalue weighted by Gasteiger charge is 2.10. The van der Waals surface area contributed by atoms with Gasteiger partial charge in [-0.1, -0.05) is 12.7 Å². The Labute approximate surface area is 108 Å². The lowest BCUT2D eigenvalue weighted by Gasteiger charge is -2.03. The van der Waals surface area contributed by atoms with Crippen LogP contribution in [-0.2, 0) is 0 Å². The minimum Gasteiger partial charge on any atom is -0.383 e. The highest BCUT2D eigenvalue weighted by atomic mass is 19.1. The van der Waals surface area contributed by atoms with E-state index in [2.05, 4.69) is 21.5 Å². The van der Waals surface area contributed by atoms with Crippen LogP contribution in [0.2, 0.25) is 0 Å². The van der Waals surface area contributed by atoms with E-state index in [0.717, 1.165) is 11.1 Å². The van der Waals surface area contributed by atoms with E-state index in [4.69, 9.17) is 5.73 Å². The Kier molecular flexibility index (Phi) is 2.52. The molecular formula is C14H11FN4. The summed E-state index contributed by atoms with van der Waals surface area (Å²) in [7, 11) is 0. The second-order valence-electron chi connectivity index (χ2n) is 4.13. The van der Waals surface area contributed by atoms with Crippen molar-refractivity contribution in [2.75, 3.05) is 5.73 Å². The van der Waals surface area contributed by atoms with E-state index in [1.165, 1.54) is 12.3 Å². The van der Waals surface area contributed by atoms with Gasteiger partial charge in [-0.3, -0.25) is 0 Å². The normalized spacial score (nSPS) is 10.8. The number of fused-ring (bicyclic) bond motifs is 1. The van der Waals surface area contributed by atoms with Crippen LogP contribution in [-0.4, -0.2) is 15.0 Å². The van der Waals surface area contributed by atoms with Crippen LogP contribution in [0.1, 0.15) is 5.56 Å². The van der Waals surface area contributed by atoms with Gasteiger partial charge in [0.05, 0.1) is 11.9 Å². The van der Waals surface area contributed by atoms with Crippen molar-refractivity contribution < 1.29 is 4.39 Å². The monoisotopic (exact) mass is 254 g/mol. The number of hydrogen-bond donors (Lipinski definition) is 2. The summed E-state index contributed by atoms with van der Waals surface area (Å²) < 4.78 is 13.3. The smallest absolute Gasteiger partial charge is 0.142 e. The number of halogens is 1. The van der Waals surface area contributed by atoms with Gasteiger partial charge in [-0.05, 0) is 18.2 Å². The predicted molar refractivity (Wildman–Crippen MR) is 73.8 cm³/mol. The number of aromatic amines is 1. The fourth-order valence-electron chi connectivity index (χ4n) is 2.00. The standard InChI is InChI=1S/C14H11FN4/c1-2-8-3-4-12(19-13(8)16)11-7-18-14-10(11)5-9(15)6-17-14/h2-7H,1H2,(H2,16,19)(H,17,18). The lowest BCUT2D eigenvalue weighted by molar-refractivity contribution is 0.624. The maximum Gasteiger partial charge on any atom is 0.142 e. The van der Waals surface area contributed by atoms with Crippen LogP contribution in [0.3, 0.4) is 0 Å². The van der Waals surface area contributed by atoms with Gasteiger partial charge in [0, 0.05) is 22.7 Å². The van der Waals surface area contributed by atoms with Crippen molar-refractivity contribution in [3.8, 4) is 11.3 Å². The van der Waals surface area contributed by atoms with E-state index in [-0.39, 0.29) is 5.82 Å². The van der Waals surface area contributed by atoms with Crippen molar-refractivity contribution in [2.45, 2.75) is 0 Å². The van der Waals surface area contributed by atoms with Crippen molar-refractivity contribution >= 4 is 22.9 Å². The van der Waals surface area contributed by atoms with Crippen molar-refractivity contribution in [3.63, 3.8) is 0 Å². The van der Waals surface area contributed by atoms with Crippen LogP contribution >= 0.6 is 0 Å². The third kappa shape index (κ3) is 1.85. The maximum absolute atomic E-state index is 13.3. The summed E-state index contributed by atoms with van der Waals surface area (Å²) >= 11 is 0. The number of nitrogens with zero attached hydrogens (tertiary/aromatic N) is 2. The fourth-order valence-corrected chi connectivity index (χ4v) is 2.00. The quantitative estimate of drug-likeness (QED) is 0.738. The molecule has 0 saturated heterocycles. The minimum absolute atomic E-state index is 0.385. The topological polar surface area (TPSA) is 67.6 Å². The van der Waals surface area contributed by atoms with E-state index < -0.39 is 0 Å². The summed E-state index contributed by atoms with van der Waals surface area (Å²) in [5.41, 5.74) is 8.65. The Balaban J connectivity index is 2.21. The summed E-state index contributed by atoms with van der Waals surface area (Å²) in [6.07, 6.45) is 4.56. The van der Waals surface area contributed by atoms with Crippen LogP contribution in [0.5, 0.6) is 0 Å². The van der Waals surface area contributed by atoms with Crippen molar-refractivity contribution in [1.82, 2.24) is 15.0 Å². The molecule has 19 heavy (non-hydrogen) atoms. The number of nitrogens with two attached hydrogens (primary N) is 1.